The molecule has 0 saturated heterocycles. The summed E-state index contributed by atoms with van der Waals surface area (Å²) < 4.78 is 31.9. The Morgan fingerprint density at radius 2 is 1.68 bits per heavy atom. The first-order valence-electron chi connectivity index (χ1n) is 13.0. The van der Waals surface area contributed by atoms with Gasteiger partial charge in [-0.05, 0) is 82.3 Å². The second-order valence-electron chi connectivity index (χ2n) is 10.7. The number of amides is 2. The zero-order valence-corrected chi connectivity index (χ0v) is 24.8. The van der Waals surface area contributed by atoms with Crippen molar-refractivity contribution in [3.05, 3.63) is 59.2 Å². The number of aryl methyl sites for hydroxylation is 1. The van der Waals surface area contributed by atoms with Crippen LogP contribution < -0.4 is 14.4 Å². The Morgan fingerprint density at radius 1 is 1.05 bits per heavy atom. The summed E-state index contributed by atoms with van der Waals surface area (Å²) in [6.45, 7) is 11.8. The van der Waals surface area contributed by atoms with Crippen LogP contribution in [0.2, 0.25) is 0 Å². The average molecular weight is 546 g/mol. The smallest absolute Gasteiger partial charge is 0.243 e. The molecular formula is C29H43N3O5S. The van der Waals surface area contributed by atoms with Gasteiger partial charge in [0.15, 0.2) is 0 Å². The number of sulfonamides is 1. The number of ether oxygens (including phenoxy) is 1. The average Bonchev–Trinajstić information content (AvgIpc) is 2.82. The molecule has 38 heavy (non-hydrogen) atoms. The molecule has 0 aromatic heterocycles. The summed E-state index contributed by atoms with van der Waals surface area (Å²) in [6.07, 6.45) is 2.04. The number of nitrogens with one attached hydrogen (secondary N) is 1. The number of nitrogens with zero attached hydrogens (tertiary/aromatic N) is 2. The highest BCUT2D eigenvalue weighted by atomic mass is 32.2. The SMILES string of the molecule is CCC(C(=O)NC(C)(C)C)N(Cc1ccc(OC)cc1)C(=O)CCCN(c1cccc(C)c1C)S(C)(=O)=O. The number of carbonyl (C=O) groups excluding carboxylic acids is 2. The molecule has 0 saturated carbocycles. The number of hydrogen-bond donors (Lipinski definition) is 1. The van der Waals surface area contributed by atoms with Gasteiger partial charge in [0.1, 0.15) is 11.8 Å². The lowest BCUT2D eigenvalue weighted by atomic mass is 10.0. The van der Waals surface area contributed by atoms with Crippen LogP contribution in [0, 0.1) is 13.8 Å². The minimum Gasteiger partial charge on any atom is -0.497 e. The molecule has 9 heteroatoms. The fourth-order valence-electron chi connectivity index (χ4n) is 4.29. The van der Waals surface area contributed by atoms with Crippen LogP contribution in [0.15, 0.2) is 42.5 Å². The topological polar surface area (TPSA) is 96.0 Å². The van der Waals surface area contributed by atoms with Gasteiger partial charge in [0, 0.05) is 25.0 Å². The lowest BCUT2D eigenvalue weighted by Crippen LogP contribution is -2.53. The first-order chi connectivity index (χ1) is 17.7. The fraction of sp³-hybridized carbons (Fsp3) is 0.517. The Balaban J connectivity index is 2.28. The largest absolute Gasteiger partial charge is 0.497 e. The van der Waals surface area contributed by atoms with E-state index in [2.05, 4.69) is 5.32 Å². The van der Waals surface area contributed by atoms with Gasteiger partial charge in [-0.2, -0.15) is 0 Å². The van der Waals surface area contributed by atoms with Crippen molar-refractivity contribution in [1.29, 1.82) is 0 Å². The summed E-state index contributed by atoms with van der Waals surface area (Å²) in [4.78, 5) is 28.4. The van der Waals surface area contributed by atoms with E-state index in [1.807, 2.05) is 77.9 Å². The lowest BCUT2D eigenvalue weighted by Gasteiger charge is -2.33. The molecule has 2 aromatic carbocycles. The molecule has 0 fully saturated rings. The van der Waals surface area contributed by atoms with Crippen molar-refractivity contribution in [2.75, 3.05) is 24.2 Å². The quantitative estimate of drug-likeness (QED) is 0.421. The third-order valence-corrected chi connectivity index (χ3v) is 7.57. The van der Waals surface area contributed by atoms with E-state index < -0.39 is 21.6 Å². The number of benzene rings is 2. The molecule has 1 unspecified atom stereocenters. The maximum Gasteiger partial charge on any atom is 0.243 e. The van der Waals surface area contributed by atoms with E-state index in [9.17, 15) is 18.0 Å². The maximum atomic E-state index is 13.6. The minimum absolute atomic E-state index is 0.104. The Kier molecular flexibility index (Phi) is 10.8. The molecule has 210 valence electrons. The van der Waals surface area contributed by atoms with Crippen LogP contribution in [-0.4, -0.2) is 56.6 Å². The summed E-state index contributed by atoms with van der Waals surface area (Å²) in [7, 11) is -1.96. The lowest BCUT2D eigenvalue weighted by molar-refractivity contribution is -0.142. The van der Waals surface area contributed by atoms with Crippen LogP contribution in [-0.2, 0) is 26.2 Å². The monoisotopic (exact) mass is 545 g/mol. The molecule has 2 aromatic rings. The number of carbonyl (C=O) groups is 2. The number of rotatable bonds is 12. The first kappa shape index (κ1) is 31.1. The van der Waals surface area contributed by atoms with Crippen molar-refractivity contribution < 1.29 is 22.7 Å². The van der Waals surface area contributed by atoms with E-state index in [4.69, 9.17) is 4.74 Å². The molecule has 0 bridgehead atoms. The van der Waals surface area contributed by atoms with Crippen LogP contribution in [0.1, 0.15) is 63.6 Å². The second kappa shape index (κ2) is 13.1. The van der Waals surface area contributed by atoms with Crippen LogP contribution in [0.4, 0.5) is 5.69 Å². The third kappa shape index (κ3) is 8.75. The predicted molar refractivity (Wildman–Crippen MR) is 153 cm³/mol. The van der Waals surface area contributed by atoms with Crippen LogP contribution in [0.5, 0.6) is 5.75 Å². The number of anilines is 1. The molecule has 0 spiro atoms. The molecule has 2 amide bonds. The molecule has 1 N–H and O–H groups in total. The van der Waals surface area contributed by atoms with Crippen molar-refractivity contribution in [2.24, 2.45) is 0 Å². The molecule has 8 nitrogen and oxygen atoms in total. The minimum atomic E-state index is -3.55. The molecular weight excluding hydrogens is 502 g/mol. The molecule has 1 atom stereocenters. The van der Waals surface area contributed by atoms with E-state index in [0.717, 1.165) is 16.7 Å². The standard InChI is InChI=1S/C29H43N3O5S/c1-9-25(28(34)30-29(4,5)6)31(20-23-15-17-24(37-7)18-16-23)27(33)14-11-19-32(38(8,35)36)26-13-10-12-21(2)22(26)3/h10,12-13,15-18,25H,9,11,14,19-20H2,1-8H3,(H,30,34). The summed E-state index contributed by atoms with van der Waals surface area (Å²) in [5, 5.41) is 3.00. The molecule has 0 aliphatic rings. The Morgan fingerprint density at radius 3 is 2.21 bits per heavy atom. The van der Waals surface area contributed by atoms with Gasteiger partial charge < -0.3 is 15.0 Å². The zero-order chi connectivity index (χ0) is 28.7. The van der Waals surface area contributed by atoms with Crippen LogP contribution in [0.25, 0.3) is 0 Å². The van der Waals surface area contributed by atoms with Crippen molar-refractivity contribution in [3.63, 3.8) is 0 Å². The third-order valence-electron chi connectivity index (χ3n) is 6.39. The molecule has 0 radical (unpaired) electrons. The van der Waals surface area contributed by atoms with Gasteiger partial charge in [-0.15, -0.1) is 0 Å². The van der Waals surface area contributed by atoms with Gasteiger partial charge in [0.2, 0.25) is 21.8 Å². The summed E-state index contributed by atoms with van der Waals surface area (Å²) >= 11 is 0. The van der Waals surface area contributed by atoms with Gasteiger partial charge in [0.25, 0.3) is 0 Å². The van der Waals surface area contributed by atoms with Gasteiger partial charge >= 0.3 is 0 Å². The highest BCUT2D eigenvalue weighted by molar-refractivity contribution is 7.92. The van der Waals surface area contributed by atoms with Gasteiger partial charge in [-0.1, -0.05) is 31.2 Å². The molecule has 0 heterocycles. The Labute approximate surface area is 228 Å². The maximum absolute atomic E-state index is 13.6. The van der Waals surface area contributed by atoms with E-state index in [1.54, 1.807) is 18.1 Å². The van der Waals surface area contributed by atoms with Gasteiger partial charge in [-0.3, -0.25) is 13.9 Å². The van der Waals surface area contributed by atoms with Crippen molar-refractivity contribution in [3.8, 4) is 5.75 Å². The van der Waals surface area contributed by atoms with Crippen molar-refractivity contribution in [2.45, 2.75) is 78.9 Å². The number of hydrogen-bond acceptors (Lipinski definition) is 5. The summed E-state index contributed by atoms with van der Waals surface area (Å²) in [5.74, 6) is 0.289. The normalized spacial score (nSPS) is 12.5. The first-order valence-corrected chi connectivity index (χ1v) is 14.8. The number of methoxy groups -OCH3 is 1. The van der Waals surface area contributed by atoms with E-state index in [0.29, 0.717) is 24.3 Å². The Bertz CT molecular complexity index is 1200. The van der Waals surface area contributed by atoms with E-state index in [1.165, 1.54) is 10.6 Å². The second-order valence-corrected chi connectivity index (χ2v) is 12.6. The van der Waals surface area contributed by atoms with Crippen molar-refractivity contribution in [1.82, 2.24) is 10.2 Å². The van der Waals surface area contributed by atoms with Gasteiger partial charge in [0.05, 0.1) is 19.1 Å². The highest BCUT2D eigenvalue weighted by Crippen LogP contribution is 2.26. The van der Waals surface area contributed by atoms with Gasteiger partial charge in [-0.25, -0.2) is 8.42 Å². The van der Waals surface area contributed by atoms with Crippen molar-refractivity contribution >= 4 is 27.5 Å². The van der Waals surface area contributed by atoms with Crippen LogP contribution in [0.3, 0.4) is 0 Å². The summed E-state index contributed by atoms with van der Waals surface area (Å²) in [5.41, 5.74) is 2.92. The predicted octanol–water partition coefficient (Wildman–Crippen LogP) is 4.58. The van der Waals surface area contributed by atoms with E-state index in [-0.39, 0.29) is 31.3 Å². The Hall–Kier alpha value is -3.07. The zero-order valence-electron chi connectivity index (χ0n) is 24.0. The van der Waals surface area contributed by atoms with Crippen LogP contribution >= 0.6 is 0 Å². The summed E-state index contributed by atoms with van der Waals surface area (Å²) in [6, 6.07) is 12.3. The molecule has 0 aliphatic carbocycles. The highest BCUT2D eigenvalue weighted by Gasteiger charge is 2.31. The van der Waals surface area contributed by atoms with E-state index >= 15 is 0 Å². The molecule has 2 rings (SSSR count). The fourth-order valence-corrected chi connectivity index (χ4v) is 5.30. The molecule has 0 aliphatic heterocycles.